The maximum atomic E-state index is 12.6. The number of H-pyrrole nitrogens is 1. The van der Waals surface area contributed by atoms with Crippen LogP contribution >= 0.6 is 0 Å². The van der Waals surface area contributed by atoms with E-state index in [9.17, 15) is 22.8 Å². The summed E-state index contributed by atoms with van der Waals surface area (Å²) in [6.45, 7) is 1.15. The highest BCUT2D eigenvalue weighted by atomic mass is 19.4. The maximum Gasteiger partial charge on any atom is 0.491 e. The molecular weight excluding hydrogens is 515 g/mol. The Labute approximate surface area is 222 Å². The number of hydrogen-bond donors (Lipinski definition) is 2. The van der Waals surface area contributed by atoms with E-state index in [1.165, 1.54) is 7.11 Å². The number of aromatic nitrogens is 2. The van der Waals surface area contributed by atoms with Crippen molar-refractivity contribution < 1.29 is 37.0 Å². The number of benzene rings is 2. The average molecular weight is 542 g/mol. The number of aromatic amines is 1. The van der Waals surface area contributed by atoms with Gasteiger partial charge in [0, 0.05) is 41.8 Å². The fourth-order valence-corrected chi connectivity index (χ4v) is 4.06. The molecule has 0 aliphatic rings. The molecule has 0 spiro atoms. The van der Waals surface area contributed by atoms with Crippen LogP contribution in [0.5, 0.6) is 11.5 Å². The van der Waals surface area contributed by atoms with E-state index in [0.717, 1.165) is 17.6 Å². The second-order valence-corrected chi connectivity index (χ2v) is 8.58. The molecule has 0 saturated carbocycles. The molecule has 8 nitrogen and oxygen atoms in total. The first-order valence-corrected chi connectivity index (χ1v) is 12.1. The molecule has 11 heteroatoms. The summed E-state index contributed by atoms with van der Waals surface area (Å²) >= 11 is 0. The Morgan fingerprint density at radius 2 is 1.82 bits per heavy atom. The number of carbonyl (C=O) groups excluding carboxylic acids is 2. The number of alkyl halides is 3. The van der Waals surface area contributed by atoms with Crippen LogP contribution in [0, 0.1) is 0 Å². The number of nitrogens with zero attached hydrogens (tertiary/aromatic N) is 1. The predicted molar refractivity (Wildman–Crippen MR) is 138 cm³/mol. The number of carbonyl (C=O) groups is 2. The summed E-state index contributed by atoms with van der Waals surface area (Å²) in [5.41, 5.74) is 2.00. The number of ether oxygens (including phenoxy) is 3. The molecule has 4 aromatic rings. The minimum absolute atomic E-state index is 0.465. The minimum Gasteiger partial charge on any atom is -0.497 e. The fourth-order valence-electron chi connectivity index (χ4n) is 4.06. The molecule has 204 valence electrons. The van der Waals surface area contributed by atoms with E-state index >= 15 is 0 Å². The number of esters is 2. The molecule has 2 heterocycles. The number of methoxy groups -OCH3 is 1. The first-order chi connectivity index (χ1) is 18.7. The highest BCUT2D eigenvalue weighted by Crippen LogP contribution is 2.36. The molecular formula is C28H26F3N3O5. The molecule has 39 heavy (non-hydrogen) atoms. The Bertz CT molecular complexity index is 1410. The lowest BCUT2D eigenvalue weighted by atomic mass is 9.88. The van der Waals surface area contributed by atoms with Crippen LogP contribution in [0.15, 0.2) is 73.1 Å². The van der Waals surface area contributed by atoms with Crippen LogP contribution in [0.1, 0.15) is 29.9 Å². The van der Waals surface area contributed by atoms with Crippen molar-refractivity contribution in [3.8, 4) is 11.5 Å². The van der Waals surface area contributed by atoms with Crippen molar-refractivity contribution in [3.05, 3.63) is 84.2 Å². The van der Waals surface area contributed by atoms with Crippen molar-refractivity contribution in [2.24, 2.45) is 0 Å². The summed E-state index contributed by atoms with van der Waals surface area (Å²) in [7, 11) is 1.50. The van der Waals surface area contributed by atoms with Gasteiger partial charge in [-0.1, -0.05) is 18.2 Å². The maximum absolute atomic E-state index is 12.6. The summed E-state index contributed by atoms with van der Waals surface area (Å²) in [4.78, 5) is 30.9. The van der Waals surface area contributed by atoms with Crippen LogP contribution in [0.4, 0.5) is 19.0 Å². The topological polar surface area (TPSA) is 103 Å². The van der Waals surface area contributed by atoms with E-state index in [-0.39, 0.29) is 0 Å². The van der Waals surface area contributed by atoms with E-state index in [0.29, 0.717) is 41.3 Å². The lowest BCUT2D eigenvalue weighted by Gasteiger charge is -2.17. The van der Waals surface area contributed by atoms with Gasteiger partial charge in [-0.25, -0.2) is 9.78 Å². The van der Waals surface area contributed by atoms with Crippen molar-refractivity contribution in [2.45, 2.75) is 24.9 Å². The molecule has 1 unspecified atom stereocenters. The Morgan fingerprint density at radius 3 is 2.51 bits per heavy atom. The Kier molecular flexibility index (Phi) is 8.70. The van der Waals surface area contributed by atoms with Gasteiger partial charge in [0.05, 0.1) is 20.1 Å². The van der Waals surface area contributed by atoms with E-state index in [1.54, 1.807) is 42.7 Å². The lowest BCUT2D eigenvalue weighted by molar-refractivity contribution is -0.201. The quantitative estimate of drug-likeness (QED) is 0.145. The van der Waals surface area contributed by atoms with Crippen LogP contribution in [0.2, 0.25) is 0 Å². The third kappa shape index (κ3) is 7.28. The Morgan fingerprint density at radius 1 is 1.05 bits per heavy atom. The first-order valence-electron chi connectivity index (χ1n) is 12.1. The molecule has 2 N–H and O–H groups in total. The van der Waals surface area contributed by atoms with Crippen molar-refractivity contribution in [1.82, 2.24) is 9.97 Å². The molecule has 0 fully saturated rings. The van der Waals surface area contributed by atoms with Crippen LogP contribution in [0.25, 0.3) is 10.9 Å². The van der Waals surface area contributed by atoms with Gasteiger partial charge in [0.2, 0.25) is 0 Å². The third-order valence-corrected chi connectivity index (χ3v) is 5.95. The number of nitrogens with one attached hydrogen (secondary N) is 2. The smallest absolute Gasteiger partial charge is 0.491 e. The highest BCUT2D eigenvalue weighted by Gasteiger charge is 2.42. The summed E-state index contributed by atoms with van der Waals surface area (Å²) in [5, 5.41) is 3.95. The largest absolute Gasteiger partial charge is 0.497 e. The minimum atomic E-state index is -5.27. The van der Waals surface area contributed by atoms with Crippen LogP contribution in [0.3, 0.4) is 0 Å². The number of rotatable bonds is 11. The fraction of sp³-hybridized carbons (Fsp3) is 0.250. The SMILES string of the molecule is COc1ccc(C(CC(=O)OC(=O)C(F)(F)F)c2c[nH]c3cc(OCCCNc4ccccn4)ccc23)cc1. The van der Waals surface area contributed by atoms with Gasteiger partial charge in [-0.05, 0) is 53.9 Å². The van der Waals surface area contributed by atoms with Gasteiger partial charge in [0.1, 0.15) is 17.3 Å². The predicted octanol–water partition coefficient (Wildman–Crippen LogP) is 5.61. The zero-order valence-corrected chi connectivity index (χ0v) is 21.0. The number of halogens is 3. The van der Waals surface area contributed by atoms with E-state index in [4.69, 9.17) is 9.47 Å². The average Bonchev–Trinajstić information content (AvgIpc) is 3.34. The second kappa shape index (κ2) is 12.3. The van der Waals surface area contributed by atoms with Gasteiger partial charge in [-0.15, -0.1) is 0 Å². The van der Waals surface area contributed by atoms with Gasteiger partial charge in [0.15, 0.2) is 0 Å². The standard InChI is InChI=1S/C28H26F3N3O5/c1-37-19-8-6-18(7-9-19)22(16-26(35)39-27(36)28(29,30)31)23-17-34-24-15-20(10-11-21(23)24)38-14-4-13-33-25-5-2-3-12-32-25/h2-3,5-12,15,17,22,34H,4,13-14,16H2,1H3,(H,32,33). The third-order valence-electron chi connectivity index (χ3n) is 5.95. The van der Waals surface area contributed by atoms with Crippen molar-refractivity contribution in [1.29, 1.82) is 0 Å². The molecule has 0 radical (unpaired) electrons. The molecule has 1 atom stereocenters. The number of anilines is 1. The van der Waals surface area contributed by atoms with Crippen LogP contribution in [-0.2, 0) is 14.3 Å². The monoisotopic (exact) mass is 541 g/mol. The molecule has 2 aromatic heterocycles. The van der Waals surface area contributed by atoms with Gasteiger partial charge < -0.3 is 24.5 Å². The molecule has 4 rings (SSSR count). The summed E-state index contributed by atoms with van der Waals surface area (Å²) in [5.74, 6) is -2.53. The molecule has 0 aliphatic heterocycles. The van der Waals surface area contributed by atoms with Gasteiger partial charge in [-0.2, -0.15) is 13.2 Å². The molecule has 0 saturated heterocycles. The van der Waals surface area contributed by atoms with Gasteiger partial charge in [0.25, 0.3) is 0 Å². The Balaban J connectivity index is 1.47. The summed E-state index contributed by atoms with van der Waals surface area (Å²) < 4.78 is 53.0. The zero-order chi connectivity index (χ0) is 27.8. The van der Waals surface area contributed by atoms with Gasteiger partial charge >= 0.3 is 18.1 Å². The van der Waals surface area contributed by atoms with Crippen molar-refractivity contribution in [3.63, 3.8) is 0 Å². The summed E-state index contributed by atoms with van der Waals surface area (Å²) in [6, 6.07) is 17.8. The number of fused-ring (bicyclic) bond motifs is 1. The molecule has 0 aliphatic carbocycles. The normalized spacial score (nSPS) is 12.1. The van der Waals surface area contributed by atoms with E-state index in [2.05, 4.69) is 20.0 Å². The highest BCUT2D eigenvalue weighted by molar-refractivity contribution is 5.90. The molecule has 0 bridgehead atoms. The van der Waals surface area contributed by atoms with E-state index in [1.807, 2.05) is 30.3 Å². The van der Waals surface area contributed by atoms with Crippen molar-refractivity contribution in [2.75, 3.05) is 25.6 Å². The first kappa shape index (κ1) is 27.5. The lowest BCUT2D eigenvalue weighted by Crippen LogP contribution is -2.28. The number of hydrogen-bond acceptors (Lipinski definition) is 7. The summed E-state index contributed by atoms with van der Waals surface area (Å²) in [6.07, 6.45) is -1.62. The Hall–Kier alpha value is -4.54. The van der Waals surface area contributed by atoms with Gasteiger partial charge in [-0.3, -0.25) is 4.79 Å². The zero-order valence-electron chi connectivity index (χ0n) is 21.0. The van der Waals surface area contributed by atoms with Crippen molar-refractivity contribution >= 4 is 28.7 Å². The van der Waals surface area contributed by atoms with Crippen LogP contribution < -0.4 is 14.8 Å². The number of pyridine rings is 1. The second-order valence-electron chi connectivity index (χ2n) is 8.58. The van der Waals surface area contributed by atoms with Crippen LogP contribution in [-0.4, -0.2) is 48.3 Å². The van der Waals surface area contributed by atoms with E-state index < -0.39 is 30.5 Å². The molecule has 0 amide bonds. The molecule has 2 aromatic carbocycles.